The summed E-state index contributed by atoms with van der Waals surface area (Å²) < 4.78 is 10.9. The van der Waals surface area contributed by atoms with Crippen LogP contribution >= 0.6 is 11.6 Å². The van der Waals surface area contributed by atoms with Gasteiger partial charge >= 0.3 is 0 Å². The number of nitrogens with zero attached hydrogens (tertiary/aromatic N) is 1. The third kappa shape index (κ3) is 4.63. The molecule has 0 bridgehead atoms. The van der Waals surface area contributed by atoms with Crippen LogP contribution in [0.2, 0.25) is 5.02 Å². The summed E-state index contributed by atoms with van der Waals surface area (Å²) in [5, 5.41) is 11.7. The normalized spacial score (nSPS) is 14.7. The Labute approximate surface area is 175 Å². The van der Waals surface area contributed by atoms with Crippen molar-refractivity contribution >= 4 is 29.0 Å². The fourth-order valence-electron chi connectivity index (χ4n) is 3.32. The van der Waals surface area contributed by atoms with Crippen LogP contribution in [0.15, 0.2) is 42.5 Å². The van der Waals surface area contributed by atoms with Gasteiger partial charge in [0, 0.05) is 24.2 Å². The van der Waals surface area contributed by atoms with Gasteiger partial charge in [0.15, 0.2) is 5.78 Å². The maximum atomic E-state index is 13.0. The van der Waals surface area contributed by atoms with Crippen LogP contribution in [0.1, 0.15) is 27.9 Å². The van der Waals surface area contributed by atoms with E-state index in [4.69, 9.17) is 21.1 Å². The molecule has 0 radical (unpaired) electrons. The summed E-state index contributed by atoms with van der Waals surface area (Å²) in [7, 11) is 5.03. The van der Waals surface area contributed by atoms with Gasteiger partial charge in [0.05, 0.1) is 19.8 Å². The molecule has 0 aliphatic carbocycles. The third-order valence-electron chi connectivity index (χ3n) is 4.95. The van der Waals surface area contributed by atoms with E-state index in [9.17, 15) is 9.90 Å². The summed E-state index contributed by atoms with van der Waals surface area (Å²) in [4.78, 5) is 15.1. The van der Waals surface area contributed by atoms with Gasteiger partial charge in [-0.1, -0.05) is 35.9 Å². The number of rotatable bonds is 6. The standard InChI is InChI=1S/C23H24ClNO4/c1-25-12-10-16(11-13-25)21-19(28-2)14-20(29-3)22(23(21)27)18(26)9-6-15-4-7-17(24)8-5-15/h4-10,14,27H,11-13H2,1-3H3. The molecule has 1 N–H and O–H groups in total. The number of carbonyl (C=O) groups is 1. The van der Waals surface area contributed by atoms with E-state index in [1.165, 1.54) is 20.3 Å². The number of carbonyl (C=O) groups excluding carboxylic acids is 1. The lowest BCUT2D eigenvalue weighted by Crippen LogP contribution is -2.23. The second kappa shape index (κ2) is 9.16. The summed E-state index contributed by atoms with van der Waals surface area (Å²) in [5.74, 6) is 0.269. The Morgan fingerprint density at radius 3 is 2.45 bits per heavy atom. The Kier molecular flexibility index (Phi) is 6.62. The molecule has 29 heavy (non-hydrogen) atoms. The molecule has 1 heterocycles. The lowest BCUT2D eigenvalue weighted by atomic mass is 9.93. The maximum absolute atomic E-state index is 13.0. The van der Waals surface area contributed by atoms with Gasteiger partial charge in [-0.15, -0.1) is 0 Å². The minimum absolute atomic E-state index is 0.119. The zero-order valence-electron chi connectivity index (χ0n) is 16.7. The number of ketones is 1. The molecule has 0 saturated heterocycles. The van der Waals surface area contributed by atoms with Crippen LogP contribution in [0.4, 0.5) is 0 Å². The van der Waals surface area contributed by atoms with E-state index in [0.717, 1.165) is 30.6 Å². The quantitative estimate of drug-likeness (QED) is 0.550. The Balaban J connectivity index is 2.04. The van der Waals surface area contributed by atoms with Crippen LogP contribution in [-0.4, -0.2) is 50.1 Å². The van der Waals surface area contributed by atoms with E-state index in [1.807, 2.05) is 25.3 Å². The van der Waals surface area contributed by atoms with E-state index in [0.29, 0.717) is 16.3 Å². The number of likely N-dealkylation sites (N-methyl/N-ethyl adjacent to an activating group) is 1. The number of aromatic hydroxyl groups is 1. The van der Waals surface area contributed by atoms with Crippen LogP contribution in [-0.2, 0) is 0 Å². The van der Waals surface area contributed by atoms with Gasteiger partial charge in [-0.25, -0.2) is 0 Å². The Bertz CT molecular complexity index is 964. The molecule has 0 saturated carbocycles. The predicted octanol–water partition coefficient (Wildman–Crippen LogP) is 4.68. The maximum Gasteiger partial charge on any atom is 0.193 e. The van der Waals surface area contributed by atoms with Crippen molar-refractivity contribution in [3.05, 3.63) is 64.2 Å². The molecule has 5 nitrogen and oxygen atoms in total. The van der Waals surface area contributed by atoms with Gasteiger partial charge in [-0.3, -0.25) is 4.79 Å². The highest BCUT2D eigenvalue weighted by Gasteiger charge is 2.26. The highest BCUT2D eigenvalue weighted by Crippen LogP contribution is 2.44. The number of hydrogen-bond donors (Lipinski definition) is 1. The average Bonchev–Trinajstić information content (AvgIpc) is 2.73. The molecule has 1 aliphatic rings. The van der Waals surface area contributed by atoms with Crippen LogP contribution in [0.3, 0.4) is 0 Å². The smallest absolute Gasteiger partial charge is 0.193 e. The van der Waals surface area contributed by atoms with Crippen molar-refractivity contribution in [1.82, 2.24) is 4.90 Å². The van der Waals surface area contributed by atoms with Crippen molar-refractivity contribution in [2.75, 3.05) is 34.4 Å². The number of phenols is 1. The highest BCUT2D eigenvalue weighted by atomic mass is 35.5. The fraction of sp³-hybridized carbons (Fsp3) is 0.261. The molecule has 152 valence electrons. The second-order valence-corrected chi connectivity index (χ2v) is 7.31. The lowest BCUT2D eigenvalue weighted by molar-refractivity contribution is 0.104. The molecular formula is C23H24ClNO4. The first-order valence-corrected chi connectivity index (χ1v) is 9.66. The van der Waals surface area contributed by atoms with Crippen molar-refractivity contribution in [1.29, 1.82) is 0 Å². The van der Waals surface area contributed by atoms with Gasteiger partial charge in [-0.2, -0.15) is 0 Å². The molecule has 0 unspecified atom stereocenters. The molecule has 0 atom stereocenters. The first-order chi connectivity index (χ1) is 13.9. The topological polar surface area (TPSA) is 59.0 Å². The minimum Gasteiger partial charge on any atom is -0.506 e. The molecule has 6 heteroatoms. The Hall–Kier alpha value is -2.76. The van der Waals surface area contributed by atoms with Gasteiger partial charge < -0.3 is 19.5 Å². The van der Waals surface area contributed by atoms with Gasteiger partial charge in [0.25, 0.3) is 0 Å². The zero-order valence-corrected chi connectivity index (χ0v) is 17.5. The number of benzene rings is 2. The van der Waals surface area contributed by atoms with Crippen LogP contribution in [0.25, 0.3) is 11.6 Å². The molecular weight excluding hydrogens is 390 g/mol. The van der Waals surface area contributed by atoms with Crippen LogP contribution in [0, 0.1) is 0 Å². The summed E-state index contributed by atoms with van der Waals surface area (Å²) >= 11 is 5.90. The van der Waals surface area contributed by atoms with E-state index in [1.54, 1.807) is 24.3 Å². The van der Waals surface area contributed by atoms with E-state index in [2.05, 4.69) is 4.90 Å². The summed E-state index contributed by atoms with van der Waals surface area (Å²) in [5.41, 5.74) is 2.45. The van der Waals surface area contributed by atoms with Gasteiger partial charge in [0.2, 0.25) is 0 Å². The summed E-state index contributed by atoms with van der Waals surface area (Å²) in [6.07, 6.45) is 5.89. The number of halogens is 1. The average molecular weight is 414 g/mol. The summed E-state index contributed by atoms with van der Waals surface area (Å²) in [6, 6.07) is 8.78. The second-order valence-electron chi connectivity index (χ2n) is 6.87. The number of phenolic OH excluding ortho intramolecular Hbond substituents is 1. The van der Waals surface area contributed by atoms with E-state index >= 15 is 0 Å². The van der Waals surface area contributed by atoms with E-state index < -0.39 is 0 Å². The van der Waals surface area contributed by atoms with Crippen molar-refractivity contribution in [3.63, 3.8) is 0 Å². The first-order valence-electron chi connectivity index (χ1n) is 9.28. The zero-order chi connectivity index (χ0) is 21.0. The molecule has 1 aliphatic heterocycles. The molecule has 0 aromatic heterocycles. The van der Waals surface area contributed by atoms with E-state index in [-0.39, 0.29) is 22.8 Å². The molecule has 2 aromatic carbocycles. The van der Waals surface area contributed by atoms with Crippen molar-refractivity contribution in [2.45, 2.75) is 6.42 Å². The summed E-state index contributed by atoms with van der Waals surface area (Å²) in [6.45, 7) is 1.63. The van der Waals surface area contributed by atoms with Crippen molar-refractivity contribution in [3.8, 4) is 17.2 Å². The highest BCUT2D eigenvalue weighted by molar-refractivity contribution is 6.30. The molecule has 0 fully saturated rings. The fourth-order valence-corrected chi connectivity index (χ4v) is 3.45. The molecule has 3 rings (SSSR count). The largest absolute Gasteiger partial charge is 0.506 e. The lowest BCUT2D eigenvalue weighted by Gasteiger charge is -2.24. The third-order valence-corrected chi connectivity index (χ3v) is 5.20. The Morgan fingerprint density at radius 1 is 1.17 bits per heavy atom. The number of hydrogen-bond acceptors (Lipinski definition) is 5. The van der Waals surface area contributed by atoms with Crippen molar-refractivity contribution in [2.24, 2.45) is 0 Å². The molecule has 0 spiro atoms. The molecule has 2 aromatic rings. The number of ether oxygens (including phenoxy) is 2. The molecule has 0 amide bonds. The number of methoxy groups -OCH3 is 2. The first kappa shape index (κ1) is 21.0. The van der Waals surface area contributed by atoms with Crippen LogP contribution in [0.5, 0.6) is 17.2 Å². The minimum atomic E-state index is -0.355. The Morgan fingerprint density at radius 2 is 1.86 bits per heavy atom. The number of allylic oxidation sites excluding steroid dienone is 1. The monoisotopic (exact) mass is 413 g/mol. The van der Waals surface area contributed by atoms with Gasteiger partial charge in [0.1, 0.15) is 22.8 Å². The van der Waals surface area contributed by atoms with Crippen molar-refractivity contribution < 1.29 is 19.4 Å². The van der Waals surface area contributed by atoms with Gasteiger partial charge in [-0.05, 0) is 42.8 Å². The van der Waals surface area contributed by atoms with Crippen LogP contribution < -0.4 is 9.47 Å². The SMILES string of the molecule is COc1cc(OC)c(C2=CCN(C)CC2)c(O)c1C(=O)C=Cc1ccc(Cl)cc1. The predicted molar refractivity (Wildman–Crippen MR) is 116 cm³/mol.